The molecule has 3 aromatic rings. The molecule has 202 valence electrons. The number of aromatic nitrogens is 1. The molecule has 2 aliphatic heterocycles. The van der Waals surface area contributed by atoms with E-state index >= 15 is 4.39 Å². The van der Waals surface area contributed by atoms with Crippen LogP contribution in [-0.4, -0.2) is 46.8 Å². The molecular formula is C27H26FN5O5S. The van der Waals surface area contributed by atoms with E-state index in [-0.39, 0.29) is 42.1 Å². The maximum atomic E-state index is 15.6. The lowest BCUT2D eigenvalue weighted by Crippen LogP contribution is -2.52. The van der Waals surface area contributed by atoms with Gasteiger partial charge in [0.1, 0.15) is 22.3 Å². The van der Waals surface area contributed by atoms with Crippen LogP contribution in [0.1, 0.15) is 53.5 Å². The number of nitrogens with zero attached hydrogens (tertiary/aromatic N) is 2. The third-order valence-corrected chi connectivity index (χ3v) is 8.97. The second-order valence-corrected chi connectivity index (χ2v) is 11.3. The number of nitrogens with one attached hydrogen (secondary N) is 3. The highest BCUT2D eigenvalue weighted by atomic mass is 32.1. The number of carbonyl (C=O) groups is 4. The maximum absolute atomic E-state index is 15.6. The van der Waals surface area contributed by atoms with Crippen molar-refractivity contribution in [2.24, 2.45) is 5.92 Å². The zero-order valence-electron chi connectivity index (χ0n) is 21.3. The first-order valence-electron chi connectivity index (χ1n) is 12.7. The van der Waals surface area contributed by atoms with Crippen LogP contribution in [0.3, 0.4) is 0 Å². The van der Waals surface area contributed by atoms with Crippen molar-refractivity contribution in [3.05, 3.63) is 52.3 Å². The van der Waals surface area contributed by atoms with Crippen LogP contribution in [0.15, 0.2) is 30.3 Å². The summed E-state index contributed by atoms with van der Waals surface area (Å²) < 4.78 is 21.9. The van der Waals surface area contributed by atoms with Crippen molar-refractivity contribution in [3.8, 4) is 5.75 Å². The number of hydrogen-bond acceptors (Lipinski definition) is 7. The lowest BCUT2D eigenvalue weighted by atomic mass is 9.97. The predicted molar refractivity (Wildman–Crippen MR) is 141 cm³/mol. The number of halogens is 1. The molecule has 0 radical (unpaired) electrons. The molecule has 6 rings (SSSR count). The van der Waals surface area contributed by atoms with Crippen LogP contribution < -0.4 is 20.7 Å². The fourth-order valence-electron chi connectivity index (χ4n) is 5.39. The average Bonchev–Trinajstić information content (AvgIpc) is 3.59. The van der Waals surface area contributed by atoms with Crippen molar-refractivity contribution < 1.29 is 28.3 Å². The van der Waals surface area contributed by atoms with Crippen LogP contribution in [-0.2, 0) is 21.7 Å². The van der Waals surface area contributed by atoms with Crippen LogP contribution in [0.25, 0.3) is 10.2 Å². The van der Waals surface area contributed by atoms with Crippen LogP contribution in [0.4, 0.5) is 14.9 Å². The van der Waals surface area contributed by atoms with Gasteiger partial charge in [-0.15, -0.1) is 11.3 Å². The van der Waals surface area contributed by atoms with Crippen LogP contribution in [0.5, 0.6) is 5.75 Å². The molecule has 12 heteroatoms. The molecule has 1 unspecified atom stereocenters. The topological polar surface area (TPSA) is 130 Å². The van der Waals surface area contributed by atoms with Gasteiger partial charge >= 0.3 is 6.03 Å². The molecule has 5 amide bonds. The van der Waals surface area contributed by atoms with Crippen molar-refractivity contribution in [2.45, 2.75) is 50.7 Å². The standard InChI is InChI=1S/C27H26FN5O5S/c1-27(13-6-7-13,25-31-22-18(38-2)4-3-5-19(22)39-25)32-26(37)29-16-9-8-14-15(21(16)28)12-33(24(14)36)17-10-11-20(34)30-23(17)35/h3-5,8-9,13,17H,6-7,10-12H2,1-2H3,(H2,29,32,37)(H,30,34,35)/t17?,27-/m1/s1. The quantitative estimate of drug-likeness (QED) is 0.401. The van der Waals surface area contributed by atoms with Crippen molar-refractivity contribution in [1.29, 1.82) is 0 Å². The first-order chi connectivity index (χ1) is 18.7. The van der Waals surface area contributed by atoms with E-state index in [0.29, 0.717) is 5.75 Å². The van der Waals surface area contributed by atoms with Gasteiger partial charge in [-0.05, 0) is 56.4 Å². The van der Waals surface area contributed by atoms with E-state index in [1.54, 1.807) is 7.11 Å². The molecule has 1 saturated carbocycles. The summed E-state index contributed by atoms with van der Waals surface area (Å²) in [5.74, 6) is -1.35. The van der Waals surface area contributed by atoms with E-state index in [9.17, 15) is 19.2 Å². The van der Waals surface area contributed by atoms with E-state index < -0.39 is 41.2 Å². The highest BCUT2D eigenvalue weighted by molar-refractivity contribution is 7.18. The minimum atomic E-state index is -0.853. The number of amides is 5. The number of benzene rings is 2. The third kappa shape index (κ3) is 4.28. The lowest BCUT2D eigenvalue weighted by molar-refractivity contribution is -0.136. The Morgan fingerprint density at radius 3 is 2.72 bits per heavy atom. The summed E-state index contributed by atoms with van der Waals surface area (Å²) >= 11 is 1.48. The minimum Gasteiger partial charge on any atom is -0.494 e. The number of carbonyl (C=O) groups excluding carboxylic acids is 4. The summed E-state index contributed by atoms with van der Waals surface area (Å²) in [5.41, 5.74) is 0.113. The Kier molecular flexibility index (Phi) is 6.01. The SMILES string of the molecule is COc1cccc2sc([C@](C)(NC(=O)Nc3ccc4c(c3F)CN(C3CCC(=O)NC3=O)C4=O)C3CC3)nc12. The Labute approximate surface area is 226 Å². The second kappa shape index (κ2) is 9.30. The predicted octanol–water partition coefficient (Wildman–Crippen LogP) is 3.65. The zero-order valence-corrected chi connectivity index (χ0v) is 22.1. The van der Waals surface area contributed by atoms with E-state index in [1.807, 2.05) is 25.1 Å². The van der Waals surface area contributed by atoms with Crippen LogP contribution >= 0.6 is 11.3 Å². The van der Waals surface area contributed by atoms with Crippen LogP contribution in [0, 0.1) is 11.7 Å². The molecule has 3 heterocycles. The summed E-state index contributed by atoms with van der Waals surface area (Å²) in [6, 6.07) is 7.02. The summed E-state index contributed by atoms with van der Waals surface area (Å²) in [6.07, 6.45) is 2.13. The van der Waals surface area contributed by atoms with Gasteiger partial charge in [-0.3, -0.25) is 19.7 Å². The first kappa shape index (κ1) is 25.2. The second-order valence-electron chi connectivity index (χ2n) is 10.2. The number of anilines is 1. The molecule has 1 aromatic heterocycles. The number of hydrogen-bond donors (Lipinski definition) is 3. The molecule has 2 aromatic carbocycles. The molecule has 2 atom stereocenters. The van der Waals surface area contributed by atoms with E-state index in [4.69, 9.17) is 9.72 Å². The van der Waals surface area contributed by atoms with Gasteiger partial charge in [-0.2, -0.15) is 0 Å². The van der Waals surface area contributed by atoms with E-state index in [2.05, 4.69) is 16.0 Å². The number of rotatable bonds is 6. The Bertz CT molecular complexity index is 1550. The Morgan fingerprint density at radius 2 is 2.00 bits per heavy atom. The number of fused-ring (bicyclic) bond motifs is 2. The molecule has 0 bridgehead atoms. The van der Waals surface area contributed by atoms with Crippen molar-refractivity contribution in [3.63, 3.8) is 0 Å². The lowest BCUT2D eigenvalue weighted by Gasteiger charge is -2.29. The first-order valence-corrected chi connectivity index (χ1v) is 13.5. The van der Waals surface area contributed by atoms with Gasteiger partial charge in [0.05, 0.1) is 29.6 Å². The number of para-hydroxylation sites is 1. The minimum absolute atomic E-state index is 0.0757. The van der Waals surface area contributed by atoms with Crippen molar-refractivity contribution in [2.75, 3.05) is 12.4 Å². The summed E-state index contributed by atoms with van der Waals surface area (Å²) in [4.78, 5) is 56.0. The van der Waals surface area contributed by atoms with Gasteiger partial charge in [0.2, 0.25) is 11.8 Å². The normalized spacial score (nSPS) is 20.4. The maximum Gasteiger partial charge on any atom is 0.320 e. The highest BCUT2D eigenvalue weighted by Crippen LogP contribution is 2.48. The van der Waals surface area contributed by atoms with Gasteiger partial charge < -0.3 is 20.3 Å². The molecule has 3 N–H and O–H groups in total. The van der Waals surface area contributed by atoms with Gasteiger partial charge in [0, 0.05) is 17.5 Å². The molecule has 2 fully saturated rings. The van der Waals surface area contributed by atoms with Crippen LogP contribution in [0.2, 0.25) is 0 Å². The van der Waals surface area contributed by atoms with Gasteiger partial charge in [0.25, 0.3) is 5.91 Å². The number of methoxy groups -OCH3 is 1. The van der Waals surface area contributed by atoms with Crippen molar-refractivity contribution in [1.82, 2.24) is 20.5 Å². The Hall–Kier alpha value is -4.06. The highest BCUT2D eigenvalue weighted by Gasteiger charge is 2.47. The summed E-state index contributed by atoms with van der Waals surface area (Å²) in [7, 11) is 1.59. The largest absolute Gasteiger partial charge is 0.494 e. The molecule has 3 aliphatic rings. The fourth-order valence-corrected chi connectivity index (χ4v) is 6.56. The smallest absolute Gasteiger partial charge is 0.320 e. The van der Waals surface area contributed by atoms with E-state index in [1.165, 1.54) is 28.4 Å². The summed E-state index contributed by atoms with van der Waals surface area (Å²) in [6.45, 7) is 1.79. The summed E-state index contributed by atoms with van der Waals surface area (Å²) in [5, 5.41) is 8.59. The molecule has 1 aliphatic carbocycles. The van der Waals surface area contributed by atoms with Gasteiger partial charge in [-0.1, -0.05) is 6.07 Å². The Morgan fingerprint density at radius 1 is 1.21 bits per heavy atom. The number of piperidine rings is 1. The van der Waals surface area contributed by atoms with Gasteiger partial charge in [0.15, 0.2) is 5.82 Å². The molecule has 39 heavy (non-hydrogen) atoms. The monoisotopic (exact) mass is 551 g/mol. The molecule has 1 saturated heterocycles. The average molecular weight is 552 g/mol. The number of thiazole rings is 1. The molecular weight excluding hydrogens is 525 g/mol. The van der Waals surface area contributed by atoms with E-state index in [0.717, 1.165) is 28.1 Å². The Balaban J connectivity index is 1.22. The van der Waals surface area contributed by atoms with Gasteiger partial charge in [-0.25, -0.2) is 14.2 Å². The van der Waals surface area contributed by atoms with Crippen molar-refractivity contribution >= 4 is 51.0 Å². The number of imide groups is 1. The molecule has 10 nitrogen and oxygen atoms in total. The number of ether oxygens (including phenoxy) is 1. The number of urea groups is 1. The third-order valence-electron chi connectivity index (χ3n) is 7.71. The molecule has 0 spiro atoms. The fraction of sp³-hybridized carbons (Fsp3) is 0.370. The zero-order chi connectivity index (χ0) is 27.5.